The Hall–Kier alpha value is -2.60. The second kappa shape index (κ2) is 5.65. The number of nitrogens with zero attached hydrogens (tertiary/aromatic N) is 1. The quantitative estimate of drug-likeness (QED) is 0.874. The maximum Gasteiger partial charge on any atom is 0.287 e. The van der Waals surface area contributed by atoms with Gasteiger partial charge in [0.2, 0.25) is 0 Å². The fourth-order valence-corrected chi connectivity index (χ4v) is 2.41. The summed E-state index contributed by atoms with van der Waals surface area (Å²) in [6, 6.07) is 7.69. The Bertz CT molecular complexity index is 755. The van der Waals surface area contributed by atoms with Crippen molar-refractivity contribution in [1.82, 2.24) is 10.2 Å². The van der Waals surface area contributed by atoms with Crippen molar-refractivity contribution in [2.75, 3.05) is 13.1 Å². The summed E-state index contributed by atoms with van der Waals surface area (Å²) in [6.45, 7) is 0.217. The summed E-state index contributed by atoms with van der Waals surface area (Å²) in [7, 11) is 0. The number of imide groups is 1. The van der Waals surface area contributed by atoms with Gasteiger partial charge in [-0.25, -0.2) is 0 Å². The van der Waals surface area contributed by atoms with E-state index in [0.29, 0.717) is 10.6 Å². The Morgan fingerprint density at radius 2 is 1.95 bits per heavy atom. The van der Waals surface area contributed by atoms with Crippen molar-refractivity contribution in [2.24, 2.45) is 0 Å². The van der Waals surface area contributed by atoms with Crippen LogP contribution in [0.25, 0.3) is 0 Å². The molecule has 0 spiro atoms. The summed E-state index contributed by atoms with van der Waals surface area (Å²) in [5, 5.41) is 2.98. The number of fused-ring (bicyclic) bond motifs is 1. The van der Waals surface area contributed by atoms with E-state index in [9.17, 15) is 14.4 Å². The molecule has 0 fully saturated rings. The van der Waals surface area contributed by atoms with Gasteiger partial charge in [0.15, 0.2) is 5.76 Å². The summed E-state index contributed by atoms with van der Waals surface area (Å²) < 4.78 is 4.95. The molecule has 1 aliphatic rings. The van der Waals surface area contributed by atoms with Crippen molar-refractivity contribution in [2.45, 2.75) is 0 Å². The number of furan rings is 1. The van der Waals surface area contributed by atoms with Gasteiger partial charge in [-0.05, 0) is 30.3 Å². The molecular weight excluding hydrogens is 308 g/mol. The van der Waals surface area contributed by atoms with Crippen LogP contribution in [0.2, 0.25) is 5.02 Å². The molecule has 1 aromatic heterocycles. The van der Waals surface area contributed by atoms with E-state index in [-0.39, 0.29) is 30.3 Å². The summed E-state index contributed by atoms with van der Waals surface area (Å²) >= 11 is 5.84. The molecule has 2 aromatic rings. The highest BCUT2D eigenvalue weighted by Crippen LogP contribution is 2.25. The van der Waals surface area contributed by atoms with Crippen LogP contribution in [-0.2, 0) is 0 Å². The second-order valence-corrected chi connectivity index (χ2v) is 5.12. The zero-order chi connectivity index (χ0) is 15.7. The number of amides is 3. The van der Waals surface area contributed by atoms with Crippen molar-refractivity contribution < 1.29 is 18.8 Å². The van der Waals surface area contributed by atoms with E-state index >= 15 is 0 Å². The first-order valence-electron chi connectivity index (χ1n) is 6.55. The number of rotatable bonds is 4. The second-order valence-electron chi connectivity index (χ2n) is 4.69. The Morgan fingerprint density at radius 3 is 2.68 bits per heavy atom. The molecule has 7 heteroatoms. The fourth-order valence-electron chi connectivity index (χ4n) is 2.24. The molecule has 1 aliphatic heterocycles. The van der Waals surface area contributed by atoms with Crippen molar-refractivity contribution in [3.05, 3.63) is 58.5 Å². The average Bonchev–Trinajstić information content (AvgIpc) is 3.10. The fraction of sp³-hybridized carbons (Fsp3) is 0.133. The summed E-state index contributed by atoms with van der Waals surface area (Å²) in [4.78, 5) is 37.1. The third-order valence-corrected chi connectivity index (χ3v) is 3.53. The predicted octanol–water partition coefficient (Wildman–Crippen LogP) is 1.96. The maximum absolute atomic E-state index is 12.2. The number of hydrogen-bond donors (Lipinski definition) is 1. The highest BCUT2D eigenvalue weighted by Gasteiger charge is 2.35. The molecule has 22 heavy (non-hydrogen) atoms. The van der Waals surface area contributed by atoms with Crippen LogP contribution in [0, 0.1) is 0 Å². The SMILES string of the molecule is O=C(NCCN1C(=O)c2ccc(Cl)cc2C1=O)c1ccco1. The number of carbonyl (C=O) groups is 3. The molecule has 2 heterocycles. The number of hydrogen-bond acceptors (Lipinski definition) is 4. The topological polar surface area (TPSA) is 79.6 Å². The van der Waals surface area contributed by atoms with Crippen LogP contribution >= 0.6 is 11.6 Å². The molecule has 1 N–H and O–H groups in total. The maximum atomic E-state index is 12.2. The first-order chi connectivity index (χ1) is 10.6. The van der Waals surface area contributed by atoms with Crippen molar-refractivity contribution >= 4 is 29.3 Å². The zero-order valence-corrected chi connectivity index (χ0v) is 12.1. The molecular formula is C15H11ClN2O4. The lowest BCUT2D eigenvalue weighted by Crippen LogP contribution is -2.38. The lowest BCUT2D eigenvalue weighted by molar-refractivity contribution is 0.0649. The van der Waals surface area contributed by atoms with Crippen molar-refractivity contribution in [1.29, 1.82) is 0 Å². The highest BCUT2D eigenvalue weighted by molar-refractivity contribution is 6.32. The predicted molar refractivity (Wildman–Crippen MR) is 77.9 cm³/mol. The molecule has 0 aliphatic carbocycles. The van der Waals surface area contributed by atoms with Gasteiger partial charge in [0.25, 0.3) is 17.7 Å². The van der Waals surface area contributed by atoms with Crippen molar-refractivity contribution in [3.8, 4) is 0 Å². The number of benzene rings is 1. The Balaban J connectivity index is 1.64. The summed E-state index contributed by atoms with van der Waals surface area (Å²) in [6.07, 6.45) is 1.39. The van der Waals surface area contributed by atoms with Gasteiger partial charge in [0.1, 0.15) is 0 Å². The van der Waals surface area contributed by atoms with Gasteiger partial charge in [0, 0.05) is 18.1 Å². The van der Waals surface area contributed by atoms with E-state index in [2.05, 4.69) is 5.32 Å². The largest absolute Gasteiger partial charge is 0.459 e. The van der Waals surface area contributed by atoms with Crippen LogP contribution in [0.4, 0.5) is 0 Å². The van der Waals surface area contributed by atoms with Crippen molar-refractivity contribution in [3.63, 3.8) is 0 Å². The van der Waals surface area contributed by atoms with E-state index in [4.69, 9.17) is 16.0 Å². The van der Waals surface area contributed by atoms with Gasteiger partial charge < -0.3 is 9.73 Å². The van der Waals surface area contributed by atoms with Gasteiger partial charge >= 0.3 is 0 Å². The van der Waals surface area contributed by atoms with Crippen LogP contribution in [0.5, 0.6) is 0 Å². The standard InChI is InChI=1S/C15H11ClN2O4/c16-9-3-4-10-11(8-9)15(21)18(14(10)20)6-5-17-13(19)12-2-1-7-22-12/h1-4,7-8H,5-6H2,(H,17,19). The summed E-state index contributed by atoms with van der Waals surface area (Å²) in [5.41, 5.74) is 0.613. The van der Waals surface area contributed by atoms with E-state index in [1.54, 1.807) is 12.1 Å². The molecule has 0 saturated carbocycles. The number of nitrogens with one attached hydrogen (secondary N) is 1. The molecule has 3 rings (SSSR count). The van der Waals surface area contributed by atoms with Gasteiger partial charge in [-0.15, -0.1) is 0 Å². The van der Waals surface area contributed by atoms with Crippen LogP contribution in [0.1, 0.15) is 31.3 Å². The van der Waals surface area contributed by atoms with Gasteiger partial charge in [-0.2, -0.15) is 0 Å². The van der Waals surface area contributed by atoms with E-state index in [1.807, 2.05) is 0 Å². The Kier molecular flexibility index (Phi) is 3.68. The normalized spacial score (nSPS) is 13.4. The molecule has 3 amide bonds. The lowest BCUT2D eigenvalue weighted by Gasteiger charge is -2.13. The number of carbonyl (C=O) groups excluding carboxylic acids is 3. The molecule has 0 bridgehead atoms. The highest BCUT2D eigenvalue weighted by atomic mass is 35.5. The Labute approximate surface area is 130 Å². The van der Waals surface area contributed by atoms with Crippen LogP contribution in [0.3, 0.4) is 0 Å². The molecule has 0 unspecified atom stereocenters. The third kappa shape index (κ3) is 2.48. The molecule has 1 aromatic carbocycles. The minimum Gasteiger partial charge on any atom is -0.459 e. The monoisotopic (exact) mass is 318 g/mol. The lowest BCUT2D eigenvalue weighted by atomic mass is 10.1. The Morgan fingerprint density at radius 1 is 1.18 bits per heavy atom. The molecule has 0 saturated heterocycles. The summed E-state index contributed by atoms with van der Waals surface area (Å²) in [5.74, 6) is -1.02. The third-order valence-electron chi connectivity index (χ3n) is 3.30. The van der Waals surface area contributed by atoms with Crippen LogP contribution < -0.4 is 5.32 Å². The molecule has 112 valence electrons. The van der Waals surface area contributed by atoms with Gasteiger partial charge in [0.05, 0.1) is 17.4 Å². The smallest absolute Gasteiger partial charge is 0.287 e. The zero-order valence-electron chi connectivity index (χ0n) is 11.3. The molecule has 0 atom stereocenters. The molecule has 0 radical (unpaired) electrons. The minimum absolute atomic E-state index is 0.0798. The molecule has 6 nitrogen and oxygen atoms in total. The van der Waals surface area contributed by atoms with E-state index in [1.165, 1.54) is 24.5 Å². The van der Waals surface area contributed by atoms with Gasteiger partial charge in [-0.1, -0.05) is 11.6 Å². The van der Waals surface area contributed by atoms with E-state index < -0.39 is 11.8 Å². The van der Waals surface area contributed by atoms with Crippen LogP contribution in [-0.4, -0.2) is 35.7 Å². The van der Waals surface area contributed by atoms with Gasteiger partial charge in [-0.3, -0.25) is 19.3 Å². The first-order valence-corrected chi connectivity index (χ1v) is 6.93. The minimum atomic E-state index is -0.408. The van der Waals surface area contributed by atoms with Crippen LogP contribution in [0.15, 0.2) is 41.0 Å². The average molecular weight is 319 g/mol. The number of halogens is 1. The van der Waals surface area contributed by atoms with E-state index in [0.717, 1.165) is 4.90 Å². The first kappa shape index (κ1) is 14.3.